The number of hydrogen-bond acceptors (Lipinski definition) is 0. The molecule has 0 saturated carbocycles. The molecule has 2 aliphatic rings. The van der Waals surface area contributed by atoms with E-state index in [1.165, 1.54) is 74.5 Å². The van der Waals surface area contributed by atoms with Gasteiger partial charge in [-0.25, -0.2) is 0 Å². The topological polar surface area (TPSA) is 0 Å². The molecule has 0 N–H and O–H groups in total. The van der Waals surface area contributed by atoms with Crippen LogP contribution in [0.5, 0.6) is 0 Å². The van der Waals surface area contributed by atoms with E-state index in [2.05, 4.69) is 112 Å². The van der Waals surface area contributed by atoms with Crippen LogP contribution in [0.2, 0.25) is 0 Å². The Kier molecular flexibility index (Phi) is 14.3. The predicted molar refractivity (Wildman–Crippen MR) is 182 cm³/mol. The lowest BCUT2D eigenvalue weighted by Gasteiger charge is -2.35. The zero-order valence-corrected chi connectivity index (χ0v) is 28.3. The Hall–Kier alpha value is -1.82. The molecule has 0 heterocycles. The van der Waals surface area contributed by atoms with Crippen LogP contribution in [0.4, 0.5) is 0 Å². The van der Waals surface area contributed by atoms with Gasteiger partial charge >= 0.3 is 0 Å². The summed E-state index contributed by atoms with van der Waals surface area (Å²) >= 11 is 0. The van der Waals surface area contributed by atoms with Gasteiger partial charge in [-0.3, -0.25) is 0 Å². The number of allylic oxidation sites excluding steroid dienone is 14. The van der Waals surface area contributed by atoms with E-state index in [4.69, 9.17) is 0 Å². The highest BCUT2D eigenvalue weighted by atomic mass is 14.3. The molecule has 1 atom stereocenters. The van der Waals surface area contributed by atoms with E-state index >= 15 is 0 Å². The van der Waals surface area contributed by atoms with Gasteiger partial charge in [-0.15, -0.1) is 0 Å². The fourth-order valence-corrected chi connectivity index (χ4v) is 6.85. The van der Waals surface area contributed by atoms with Crippen molar-refractivity contribution in [1.29, 1.82) is 0 Å². The van der Waals surface area contributed by atoms with Gasteiger partial charge in [0.1, 0.15) is 0 Å². The van der Waals surface area contributed by atoms with E-state index in [9.17, 15) is 0 Å². The highest BCUT2D eigenvalue weighted by Gasteiger charge is 2.28. The van der Waals surface area contributed by atoms with Gasteiger partial charge in [0.15, 0.2) is 0 Å². The van der Waals surface area contributed by atoms with Crippen LogP contribution in [0, 0.1) is 16.7 Å². The normalized spacial score (nSPS) is 21.7. The molecule has 224 valence electrons. The van der Waals surface area contributed by atoms with Gasteiger partial charge in [0.2, 0.25) is 0 Å². The molecule has 0 aliphatic heterocycles. The van der Waals surface area contributed by atoms with Crippen molar-refractivity contribution in [1.82, 2.24) is 0 Å². The predicted octanol–water partition coefficient (Wildman–Crippen LogP) is 13.4. The summed E-state index contributed by atoms with van der Waals surface area (Å²) in [5.41, 5.74) is 11.6. The van der Waals surface area contributed by atoms with Crippen LogP contribution in [-0.4, -0.2) is 0 Å². The van der Waals surface area contributed by atoms with Crippen molar-refractivity contribution in [3.63, 3.8) is 0 Å². The number of rotatable bonds is 14. The summed E-state index contributed by atoms with van der Waals surface area (Å²) in [4.78, 5) is 0. The summed E-state index contributed by atoms with van der Waals surface area (Å²) < 4.78 is 0. The van der Waals surface area contributed by atoms with E-state index in [0.29, 0.717) is 10.8 Å². The lowest BCUT2D eigenvalue weighted by molar-refractivity contribution is 0.344. The molecule has 0 aromatic carbocycles. The van der Waals surface area contributed by atoms with E-state index in [0.717, 1.165) is 31.6 Å². The van der Waals surface area contributed by atoms with Gasteiger partial charge in [0.05, 0.1) is 0 Å². The molecular weight excluding hydrogens is 480 g/mol. The van der Waals surface area contributed by atoms with Crippen molar-refractivity contribution < 1.29 is 0 Å². The smallest absolute Gasteiger partial charge is 0.0104 e. The second-order valence-corrected chi connectivity index (χ2v) is 14.6. The van der Waals surface area contributed by atoms with Crippen molar-refractivity contribution >= 4 is 0 Å². The summed E-state index contributed by atoms with van der Waals surface area (Å²) in [6, 6.07) is 0. The third-order valence-electron chi connectivity index (χ3n) is 9.68. The minimum atomic E-state index is 0.322. The molecule has 0 spiro atoms. The fourth-order valence-electron chi connectivity index (χ4n) is 6.85. The molecule has 0 aromatic heterocycles. The molecule has 0 fully saturated rings. The maximum Gasteiger partial charge on any atom is -0.0104 e. The Bertz CT molecular complexity index is 1020. The lowest BCUT2D eigenvalue weighted by atomic mass is 9.70. The third kappa shape index (κ3) is 12.0. The standard InChI is InChI=1S/C40H64/c1-31(19-13-21-33(3)25-27-37-35(5)23-15-29-39(37,7)8)17-11-12-18-32(2)20-14-22-34(4)26-28-38-36(6)24-16-30-40(38,9)10/h13,17-19,22,26,28,33H,11-12,14-16,20-21,23-25,27,29-30H2,1-10H3/b19-13-,28-26+,31-17+,32-18+,34-22+. The van der Waals surface area contributed by atoms with Gasteiger partial charge in [-0.1, -0.05) is 111 Å². The Morgan fingerprint density at radius 3 is 2.05 bits per heavy atom. The summed E-state index contributed by atoms with van der Waals surface area (Å²) in [6.45, 7) is 23.6. The van der Waals surface area contributed by atoms with Crippen LogP contribution >= 0.6 is 0 Å². The molecule has 0 radical (unpaired) electrons. The van der Waals surface area contributed by atoms with Crippen LogP contribution in [-0.2, 0) is 0 Å². The van der Waals surface area contributed by atoms with Crippen molar-refractivity contribution in [3.8, 4) is 0 Å². The highest BCUT2D eigenvalue weighted by molar-refractivity contribution is 5.36. The summed E-state index contributed by atoms with van der Waals surface area (Å²) in [6.07, 6.45) is 33.0. The Morgan fingerprint density at radius 2 is 1.38 bits per heavy atom. The van der Waals surface area contributed by atoms with Gasteiger partial charge < -0.3 is 0 Å². The molecule has 0 aromatic rings. The molecule has 2 aliphatic carbocycles. The summed E-state index contributed by atoms with van der Waals surface area (Å²) in [5, 5.41) is 0. The van der Waals surface area contributed by atoms with Crippen LogP contribution in [0.15, 0.2) is 81.5 Å². The first-order chi connectivity index (χ1) is 18.8. The van der Waals surface area contributed by atoms with E-state index < -0.39 is 0 Å². The SMILES string of the molecule is CC1=C(/C=C/C(C)=C/CC/C(C)=C/CC/C=C(C)/C=C\CC(C)CCC2=C(C)CCCC2(C)C)C(C)(C)CCC1. The summed E-state index contributed by atoms with van der Waals surface area (Å²) in [5.74, 6) is 0.751. The van der Waals surface area contributed by atoms with Crippen molar-refractivity contribution in [2.75, 3.05) is 0 Å². The van der Waals surface area contributed by atoms with Crippen LogP contribution < -0.4 is 0 Å². The number of unbranched alkanes of at least 4 members (excludes halogenated alkanes) is 1. The molecule has 40 heavy (non-hydrogen) atoms. The second-order valence-electron chi connectivity index (χ2n) is 14.6. The second kappa shape index (κ2) is 16.6. The Morgan fingerprint density at radius 1 is 0.775 bits per heavy atom. The van der Waals surface area contributed by atoms with Gasteiger partial charge in [0.25, 0.3) is 0 Å². The Balaban J connectivity index is 1.69. The van der Waals surface area contributed by atoms with Crippen molar-refractivity contribution in [3.05, 3.63) is 81.5 Å². The van der Waals surface area contributed by atoms with E-state index in [-0.39, 0.29) is 0 Å². The van der Waals surface area contributed by atoms with Crippen molar-refractivity contribution in [2.45, 2.75) is 153 Å². The monoisotopic (exact) mass is 545 g/mol. The molecule has 1 unspecified atom stereocenters. The molecular formula is C40H64. The first-order valence-electron chi connectivity index (χ1n) is 16.5. The average Bonchev–Trinajstić information content (AvgIpc) is 2.85. The molecule has 0 heteroatoms. The zero-order valence-electron chi connectivity index (χ0n) is 28.3. The number of hydrogen-bond donors (Lipinski definition) is 0. The maximum atomic E-state index is 2.45. The van der Waals surface area contributed by atoms with Gasteiger partial charge in [-0.2, -0.15) is 0 Å². The third-order valence-corrected chi connectivity index (χ3v) is 9.68. The first-order valence-corrected chi connectivity index (χ1v) is 16.5. The zero-order chi connectivity index (χ0) is 29.8. The van der Waals surface area contributed by atoms with Gasteiger partial charge in [-0.05, 0) is 140 Å². The van der Waals surface area contributed by atoms with Crippen molar-refractivity contribution in [2.24, 2.45) is 16.7 Å². The fraction of sp³-hybridized carbons (Fsp3) is 0.650. The van der Waals surface area contributed by atoms with E-state index in [1.54, 1.807) is 22.3 Å². The lowest BCUT2D eigenvalue weighted by Crippen LogP contribution is -2.20. The minimum Gasteiger partial charge on any atom is -0.0853 e. The Labute approximate surface area is 250 Å². The highest BCUT2D eigenvalue weighted by Crippen LogP contribution is 2.43. The van der Waals surface area contributed by atoms with Crippen LogP contribution in [0.25, 0.3) is 0 Å². The first kappa shape index (κ1) is 34.4. The minimum absolute atomic E-state index is 0.322. The molecule has 0 nitrogen and oxygen atoms in total. The molecule has 2 rings (SSSR count). The van der Waals surface area contributed by atoms with Crippen LogP contribution in [0.3, 0.4) is 0 Å². The van der Waals surface area contributed by atoms with Gasteiger partial charge in [0, 0.05) is 0 Å². The quantitative estimate of drug-likeness (QED) is 0.116. The van der Waals surface area contributed by atoms with E-state index in [1.807, 2.05) is 0 Å². The average molecular weight is 545 g/mol. The molecule has 0 amide bonds. The molecule has 0 saturated heterocycles. The van der Waals surface area contributed by atoms with Crippen LogP contribution in [0.1, 0.15) is 153 Å². The molecule has 0 bridgehead atoms. The maximum absolute atomic E-state index is 2.45. The largest absolute Gasteiger partial charge is 0.0853 e. The summed E-state index contributed by atoms with van der Waals surface area (Å²) in [7, 11) is 0.